The molecule has 5 heteroatoms. The van der Waals surface area contributed by atoms with Crippen LogP contribution in [0.5, 0.6) is 0 Å². The van der Waals surface area contributed by atoms with Crippen molar-refractivity contribution in [3.8, 4) is 0 Å². The van der Waals surface area contributed by atoms with Gasteiger partial charge in [-0.2, -0.15) is 0 Å². The van der Waals surface area contributed by atoms with Crippen LogP contribution in [0, 0.1) is 5.41 Å². The summed E-state index contributed by atoms with van der Waals surface area (Å²) in [5.74, 6) is -0.174. The van der Waals surface area contributed by atoms with Gasteiger partial charge in [0.25, 0.3) is 0 Å². The lowest BCUT2D eigenvalue weighted by Crippen LogP contribution is -2.54. The molecule has 10 heavy (non-hydrogen) atoms. The van der Waals surface area contributed by atoms with Gasteiger partial charge in [-0.15, -0.1) is 0 Å². The Morgan fingerprint density at radius 2 is 2.50 bits per heavy atom. The third-order valence-corrected chi connectivity index (χ3v) is 1.41. The van der Waals surface area contributed by atoms with E-state index in [4.69, 9.17) is 10.5 Å². The first kappa shape index (κ1) is 7.01. The van der Waals surface area contributed by atoms with Crippen LogP contribution in [0.25, 0.3) is 0 Å². The van der Waals surface area contributed by atoms with Gasteiger partial charge in [-0.3, -0.25) is 10.2 Å². The second kappa shape index (κ2) is 2.26. The lowest BCUT2D eigenvalue weighted by atomic mass is 10.3. The van der Waals surface area contributed by atoms with E-state index in [1.165, 1.54) is 4.90 Å². The molecule has 56 valence electrons. The summed E-state index contributed by atoms with van der Waals surface area (Å²) in [7, 11) is 1.55. The van der Waals surface area contributed by atoms with Crippen molar-refractivity contribution in [2.45, 2.75) is 12.8 Å². The number of rotatable bonds is 0. The number of nitrogens with one attached hydrogen (secondary N) is 2. The monoisotopic (exact) mass is 143 g/mol. The average Bonchev–Trinajstić information content (AvgIpc) is 1.82. The number of aliphatic hydroxyl groups excluding tert-OH is 1. The summed E-state index contributed by atoms with van der Waals surface area (Å²) in [6.45, 7) is 0. The van der Waals surface area contributed by atoms with E-state index in [0.29, 0.717) is 0 Å². The summed E-state index contributed by atoms with van der Waals surface area (Å²) in [5.41, 5.74) is 0. The molecule has 0 spiro atoms. The first-order valence-corrected chi connectivity index (χ1v) is 2.89. The number of hydrogen-bond donors (Lipinski definition) is 3. The lowest BCUT2D eigenvalue weighted by Gasteiger charge is -2.30. The Morgan fingerprint density at radius 3 is 3.00 bits per heavy atom. The molecule has 5 nitrogen and oxygen atoms in total. The predicted molar refractivity (Wildman–Crippen MR) is 34.3 cm³/mol. The molecular weight excluding hydrogens is 134 g/mol. The van der Waals surface area contributed by atoms with Crippen LogP contribution in [-0.2, 0) is 4.79 Å². The van der Waals surface area contributed by atoms with Crippen LogP contribution in [0.3, 0.4) is 0 Å². The number of carbonyl (C=O) groups excluding carboxylic acids is 1. The van der Waals surface area contributed by atoms with Crippen LogP contribution in [0.15, 0.2) is 0 Å². The van der Waals surface area contributed by atoms with Crippen LogP contribution in [-0.4, -0.2) is 35.1 Å². The van der Waals surface area contributed by atoms with Crippen molar-refractivity contribution in [3.63, 3.8) is 0 Å². The second-order valence-electron chi connectivity index (χ2n) is 2.18. The Hall–Kier alpha value is -1.10. The zero-order valence-electron chi connectivity index (χ0n) is 5.59. The third kappa shape index (κ3) is 1.08. The summed E-state index contributed by atoms with van der Waals surface area (Å²) in [6, 6.07) is 0. The Bertz CT molecular complexity index is 180. The molecule has 1 atom stereocenters. The van der Waals surface area contributed by atoms with Crippen LogP contribution >= 0.6 is 0 Å². The first-order valence-electron chi connectivity index (χ1n) is 2.89. The number of carbonyl (C=O) groups is 1. The zero-order valence-corrected chi connectivity index (χ0v) is 5.59. The maximum atomic E-state index is 10.6. The molecule has 1 aliphatic rings. The third-order valence-electron chi connectivity index (χ3n) is 1.41. The topological polar surface area (TPSA) is 76.4 Å². The minimum atomic E-state index is -1.03. The largest absolute Gasteiger partial charge is 0.356 e. The fourth-order valence-corrected chi connectivity index (χ4v) is 0.716. The van der Waals surface area contributed by atoms with Gasteiger partial charge in [-0.05, 0) is 0 Å². The molecule has 0 radical (unpaired) electrons. The molecule has 3 N–H and O–H groups in total. The number of amides is 1. The molecule has 1 fully saturated rings. The van der Waals surface area contributed by atoms with Crippen LogP contribution in [0.2, 0.25) is 0 Å². The normalized spacial score (nSPS) is 26.6. The number of amidine groups is 1. The maximum absolute atomic E-state index is 10.6. The van der Waals surface area contributed by atoms with Gasteiger partial charge >= 0.3 is 0 Å². The molecular formula is C5H9N3O2. The van der Waals surface area contributed by atoms with Crippen LogP contribution in [0.4, 0.5) is 0 Å². The van der Waals surface area contributed by atoms with E-state index in [2.05, 4.69) is 5.32 Å². The van der Waals surface area contributed by atoms with Gasteiger partial charge in [-0.1, -0.05) is 0 Å². The van der Waals surface area contributed by atoms with Gasteiger partial charge in [0.15, 0.2) is 0 Å². The van der Waals surface area contributed by atoms with E-state index >= 15 is 0 Å². The van der Waals surface area contributed by atoms with Gasteiger partial charge in [0, 0.05) is 7.05 Å². The summed E-state index contributed by atoms with van der Waals surface area (Å²) in [6.07, 6.45) is -0.984. The molecule has 1 saturated heterocycles. The average molecular weight is 143 g/mol. The highest BCUT2D eigenvalue weighted by Crippen LogP contribution is 2.00. The van der Waals surface area contributed by atoms with Gasteiger partial charge in [0.1, 0.15) is 5.84 Å². The van der Waals surface area contributed by atoms with Crippen LogP contribution < -0.4 is 5.32 Å². The Kier molecular flexibility index (Phi) is 1.58. The SMILES string of the molecule is CN1C(=N)CC(=O)NC1O. The van der Waals surface area contributed by atoms with Crippen molar-refractivity contribution < 1.29 is 9.90 Å². The van der Waals surface area contributed by atoms with Gasteiger partial charge in [0.2, 0.25) is 12.3 Å². The molecule has 0 saturated carbocycles. The molecule has 0 aromatic heterocycles. The standard InChI is InChI=1S/C5H9N3O2/c1-8-3(6)2-4(9)7-5(8)10/h5-6,10H,2H2,1H3,(H,7,9). The van der Waals surface area contributed by atoms with Crippen molar-refractivity contribution in [2.75, 3.05) is 7.05 Å². The molecule has 0 bridgehead atoms. The van der Waals surface area contributed by atoms with Gasteiger partial charge in [0.05, 0.1) is 6.42 Å². The van der Waals surface area contributed by atoms with Crippen molar-refractivity contribution in [3.05, 3.63) is 0 Å². The van der Waals surface area contributed by atoms with Gasteiger partial charge < -0.3 is 15.3 Å². The Labute approximate surface area is 58.1 Å². The zero-order chi connectivity index (χ0) is 7.72. The van der Waals surface area contributed by atoms with E-state index in [1.54, 1.807) is 7.05 Å². The van der Waals surface area contributed by atoms with E-state index in [0.717, 1.165) is 0 Å². The van der Waals surface area contributed by atoms with E-state index in [1.807, 2.05) is 0 Å². The number of hydrogen-bond acceptors (Lipinski definition) is 3. The van der Waals surface area contributed by atoms with E-state index in [9.17, 15) is 4.79 Å². The highest BCUT2D eigenvalue weighted by atomic mass is 16.3. The van der Waals surface area contributed by atoms with Crippen molar-refractivity contribution in [1.82, 2.24) is 10.2 Å². The van der Waals surface area contributed by atoms with Crippen molar-refractivity contribution >= 4 is 11.7 Å². The lowest BCUT2D eigenvalue weighted by molar-refractivity contribution is -0.127. The fraction of sp³-hybridized carbons (Fsp3) is 0.600. The second-order valence-corrected chi connectivity index (χ2v) is 2.18. The summed E-state index contributed by atoms with van der Waals surface area (Å²) in [4.78, 5) is 11.9. The van der Waals surface area contributed by atoms with Gasteiger partial charge in [-0.25, -0.2) is 0 Å². The Morgan fingerprint density at radius 1 is 1.90 bits per heavy atom. The molecule has 1 rings (SSSR count). The van der Waals surface area contributed by atoms with E-state index in [-0.39, 0.29) is 18.2 Å². The summed E-state index contributed by atoms with van der Waals surface area (Å²) in [5, 5.41) is 18.4. The smallest absolute Gasteiger partial charge is 0.230 e. The molecule has 1 heterocycles. The quantitative estimate of drug-likeness (QED) is 0.394. The van der Waals surface area contributed by atoms with Crippen molar-refractivity contribution in [1.29, 1.82) is 5.41 Å². The summed E-state index contributed by atoms with van der Waals surface area (Å²) < 4.78 is 0. The molecule has 1 amide bonds. The highest BCUT2D eigenvalue weighted by Gasteiger charge is 2.23. The Balaban J connectivity index is 2.66. The maximum Gasteiger partial charge on any atom is 0.230 e. The molecule has 0 aromatic rings. The summed E-state index contributed by atoms with van der Waals surface area (Å²) >= 11 is 0. The van der Waals surface area contributed by atoms with E-state index < -0.39 is 6.35 Å². The molecule has 1 aliphatic heterocycles. The number of aliphatic hydroxyl groups is 1. The minimum Gasteiger partial charge on any atom is -0.356 e. The first-order chi connectivity index (χ1) is 4.61. The minimum absolute atomic E-state index is 0.0492. The van der Waals surface area contributed by atoms with Crippen molar-refractivity contribution in [2.24, 2.45) is 0 Å². The predicted octanol–water partition coefficient (Wildman–Crippen LogP) is -1.31. The molecule has 0 aliphatic carbocycles. The molecule has 1 unspecified atom stereocenters. The fourth-order valence-electron chi connectivity index (χ4n) is 0.716. The van der Waals surface area contributed by atoms with Crippen LogP contribution in [0.1, 0.15) is 6.42 Å². The number of nitrogens with zero attached hydrogens (tertiary/aromatic N) is 1. The molecule has 0 aromatic carbocycles. The highest BCUT2D eigenvalue weighted by molar-refractivity contribution is 6.00.